The quantitative estimate of drug-likeness (QED) is 0.225. The second kappa shape index (κ2) is 17.3. The Bertz CT molecular complexity index is 433. The highest BCUT2D eigenvalue weighted by atomic mass is 14.1. The van der Waals surface area contributed by atoms with Crippen LogP contribution in [0.4, 0.5) is 0 Å². The van der Waals surface area contributed by atoms with Gasteiger partial charge in [-0.3, -0.25) is 0 Å². The maximum absolute atomic E-state index is 2.40. The maximum atomic E-state index is 2.40. The van der Waals surface area contributed by atoms with Crippen molar-refractivity contribution in [1.82, 2.24) is 0 Å². The summed E-state index contributed by atoms with van der Waals surface area (Å²) in [5.41, 5.74) is 3.01. The fourth-order valence-corrected chi connectivity index (χ4v) is 4.29. The van der Waals surface area contributed by atoms with E-state index in [9.17, 15) is 0 Å². The van der Waals surface area contributed by atoms with Crippen molar-refractivity contribution in [2.24, 2.45) is 0 Å². The van der Waals surface area contributed by atoms with Gasteiger partial charge in [-0.05, 0) is 30.4 Å². The first-order valence-electron chi connectivity index (χ1n) is 12.3. The molecule has 156 valence electrons. The lowest BCUT2D eigenvalue weighted by Crippen LogP contribution is -1.96. The SMILES string of the molecule is CCCCCCCCCCCCCCCCCCC(C)c1ccccc1C. The Labute approximate surface area is 171 Å². The summed E-state index contributed by atoms with van der Waals surface area (Å²) in [7, 11) is 0. The van der Waals surface area contributed by atoms with E-state index in [0.29, 0.717) is 0 Å². The van der Waals surface area contributed by atoms with E-state index in [1.165, 1.54) is 115 Å². The van der Waals surface area contributed by atoms with Crippen LogP contribution in [0.2, 0.25) is 0 Å². The zero-order valence-electron chi connectivity index (χ0n) is 18.9. The minimum Gasteiger partial charge on any atom is -0.0654 e. The zero-order valence-corrected chi connectivity index (χ0v) is 18.9. The van der Waals surface area contributed by atoms with Crippen molar-refractivity contribution in [3.8, 4) is 0 Å². The van der Waals surface area contributed by atoms with Crippen molar-refractivity contribution in [3.05, 3.63) is 35.4 Å². The molecule has 1 unspecified atom stereocenters. The minimum absolute atomic E-state index is 0.720. The predicted molar refractivity (Wildman–Crippen MR) is 124 cm³/mol. The molecule has 1 atom stereocenters. The highest BCUT2D eigenvalue weighted by molar-refractivity contribution is 5.28. The van der Waals surface area contributed by atoms with E-state index in [2.05, 4.69) is 45.0 Å². The van der Waals surface area contributed by atoms with Crippen LogP contribution in [0.15, 0.2) is 24.3 Å². The Balaban J connectivity index is 1.81. The van der Waals surface area contributed by atoms with E-state index < -0.39 is 0 Å². The predicted octanol–water partition coefficient (Wildman–Crippen LogP) is 9.75. The summed E-state index contributed by atoms with van der Waals surface area (Å²) in [6.07, 6.45) is 24.6. The van der Waals surface area contributed by atoms with E-state index in [4.69, 9.17) is 0 Å². The molecule has 0 amide bonds. The molecule has 0 saturated carbocycles. The molecule has 0 bridgehead atoms. The van der Waals surface area contributed by atoms with Crippen molar-refractivity contribution in [1.29, 1.82) is 0 Å². The first-order valence-corrected chi connectivity index (χ1v) is 12.3. The number of benzene rings is 1. The molecule has 0 N–H and O–H groups in total. The second-order valence-corrected chi connectivity index (χ2v) is 8.85. The van der Waals surface area contributed by atoms with Gasteiger partial charge >= 0.3 is 0 Å². The molecule has 0 nitrogen and oxygen atoms in total. The summed E-state index contributed by atoms with van der Waals surface area (Å²) in [5.74, 6) is 0.720. The average molecular weight is 373 g/mol. The first kappa shape index (κ1) is 24.3. The molecule has 27 heavy (non-hydrogen) atoms. The Hall–Kier alpha value is -0.780. The molecule has 0 radical (unpaired) electrons. The molecule has 0 heteroatoms. The molecule has 0 aliphatic heterocycles. The fourth-order valence-electron chi connectivity index (χ4n) is 4.29. The maximum Gasteiger partial charge on any atom is -0.0188 e. The molecule has 0 heterocycles. The molecule has 0 fully saturated rings. The molecule has 0 aromatic heterocycles. The van der Waals surface area contributed by atoms with E-state index in [0.717, 1.165) is 5.92 Å². The van der Waals surface area contributed by atoms with Gasteiger partial charge in [0, 0.05) is 0 Å². The number of rotatable bonds is 18. The van der Waals surface area contributed by atoms with Gasteiger partial charge in [0.25, 0.3) is 0 Å². The van der Waals surface area contributed by atoms with E-state index in [1.807, 2.05) is 0 Å². The fraction of sp³-hybridized carbons (Fsp3) is 0.778. The molecule has 0 aliphatic carbocycles. The third-order valence-corrected chi connectivity index (χ3v) is 6.21. The zero-order chi connectivity index (χ0) is 19.6. The summed E-state index contributed by atoms with van der Waals surface area (Å²) >= 11 is 0. The largest absolute Gasteiger partial charge is 0.0654 e. The summed E-state index contributed by atoms with van der Waals surface area (Å²) < 4.78 is 0. The highest BCUT2D eigenvalue weighted by Gasteiger charge is 2.07. The van der Waals surface area contributed by atoms with Crippen molar-refractivity contribution < 1.29 is 0 Å². The lowest BCUT2D eigenvalue weighted by Gasteiger charge is -2.14. The van der Waals surface area contributed by atoms with Gasteiger partial charge in [0.2, 0.25) is 0 Å². The summed E-state index contributed by atoms with van der Waals surface area (Å²) in [5, 5.41) is 0. The van der Waals surface area contributed by atoms with Crippen LogP contribution in [0.5, 0.6) is 0 Å². The van der Waals surface area contributed by atoms with Gasteiger partial charge in [0.05, 0.1) is 0 Å². The van der Waals surface area contributed by atoms with Crippen LogP contribution < -0.4 is 0 Å². The van der Waals surface area contributed by atoms with Gasteiger partial charge < -0.3 is 0 Å². The standard InChI is InChI=1S/C27H48/c1-4-5-6-7-8-9-10-11-12-13-14-15-16-17-18-19-22-25(2)27-24-21-20-23-26(27)3/h20-21,23-25H,4-19,22H2,1-3H3. The second-order valence-electron chi connectivity index (χ2n) is 8.85. The minimum atomic E-state index is 0.720. The van der Waals surface area contributed by atoms with Crippen LogP contribution in [0.3, 0.4) is 0 Å². The van der Waals surface area contributed by atoms with Crippen LogP contribution in [0, 0.1) is 6.92 Å². The summed E-state index contributed by atoms with van der Waals surface area (Å²) in [6.45, 7) is 6.94. The molecular weight excluding hydrogens is 324 g/mol. The molecule has 1 rings (SSSR count). The van der Waals surface area contributed by atoms with Crippen LogP contribution in [-0.2, 0) is 0 Å². The summed E-state index contributed by atoms with van der Waals surface area (Å²) in [4.78, 5) is 0. The number of aryl methyl sites for hydroxylation is 1. The Morgan fingerprint density at radius 1 is 0.593 bits per heavy atom. The molecular formula is C27H48. The third-order valence-electron chi connectivity index (χ3n) is 6.21. The Morgan fingerprint density at radius 3 is 1.44 bits per heavy atom. The van der Waals surface area contributed by atoms with Crippen LogP contribution in [-0.4, -0.2) is 0 Å². The van der Waals surface area contributed by atoms with Gasteiger partial charge in [-0.1, -0.05) is 141 Å². The van der Waals surface area contributed by atoms with Gasteiger partial charge in [-0.25, -0.2) is 0 Å². The number of unbranched alkanes of at least 4 members (excludes halogenated alkanes) is 15. The molecule has 0 saturated heterocycles. The topological polar surface area (TPSA) is 0 Å². The molecule has 1 aromatic rings. The normalized spacial score (nSPS) is 12.4. The van der Waals surface area contributed by atoms with E-state index in [1.54, 1.807) is 5.56 Å². The Kier molecular flexibility index (Phi) is 15.6. The van der Waals surface area contributed by atoms with E-state index >= 15 is 0 Å². The number of hydrogen-bond donors (Lipinski definition) is 0. The van der Waals surface area contributed by atoms with Crippen LogP contribution in [0.25, 0.3) is 0 Å². The van der Waals surface area contributed by atoms with Crippen molar-refractivity contribution in [2.45, 2.75) is 136 Å². The van der Waals surface area contributed by atoms with Crippen molar-refractivity contribution >= 4 is 0 Å². The molecule has 0 aliphatic rings. The lowest BCUT2D eigenvalue weighted by atomic mass is 9.91. The lowest BCUT2D eigenvalue weighted by molar-refractivity contribution is 0.521. The van der Waals surface area contributed by atoms with Gasteiger partial charge in [0.1, 0.15) is 0 Å². The molecule has 1 aromatic carbocycles. The van der Waals surface area contributed by atoms with Crippen LogP contribution in [0.1, 0.15) is 140 Å². The average Bonchev–Trinajstić information content (AvgIpc) is 2.68. The van der Waals surface area contributed by atoms with Gasteiger partial charge in [-0.15, -0.1) is 0 Å². The monoisotopic (exact) mass is 372 g/mol. The third kappa shape index (κ3) is 13.1. The smallest absolute Gasteiger partial charge is 0.0188 e. The summed E-state index contributed by atoms with van der Waals surface area (Å²) in [6, 6.07) is 8.90. The van der Waals surface area contributed by atoms with Gasteiger partial charge in [0.15, 0.2) is 0 Å². The highest BCUT2D eigenvalue weighted by Crippen LogP contribution is 2.25. The molecule has 0 spiro atoms. The Morgan fingerprint density at radius 2 is 1.00 bits per heavy atom. The van der Waals surface area contributed by atoms with Gasteiger partial charge in [-0.2, -0.15) is 0 Å². The van der Waals surface area contributed by atoms with Crippen molar-refractivity contribution in [2.75, 3.05) is 0 Å². The van der Waals surface area contributed by atoms with Crippen molar-refractivity contribution in [3.63, 3.8) is 0 Å². The number of hydrogen-bond acceptors (Lipinski definition) is 0. The van der Waals surface area contributed by atoms with E-state index in [-0.39, 0.29) is 0 Å². The van der Waals surface area contributed by atoms with Crippen LogP contribution >= 0.6 is 0 Å². The first-order chi connectivity index (χ1) is 13.3.